The van der Waals surface area contributed by atoms with Crippen molar-refractivity contribution in [3.8, 4) is 0 Å². The quantitative estimate of drug-likeness (QED) is 0.437. The van der Waals surface area contributed by atoms with Gasteiger partial charge in [0.1, 0.15) is 0 Å². The highest BCUT2D eigenvalue weighted by atomic mass is 79.9. The lowest BCUT2D eigenvalue weighted by atomic mass is 9.84. The summed E-state index contributed by atoms with van der Waals surface area (Å²) in [6.45, 7) is 0.173. The third kappa shape index (κ3) is 5.27. The van der Waals surface area contributed by atoms with Crippen molar-refractivity contribution in [2.75, 3.05) is 19.6 Å². The number of rotatable bonds is 2. The molecule has 0 radical (unpaired) electrons. The van der Waals surface area contributed by atoms with Gasteiger partial charge >= 0.3 is 18.4 Å². The predicted molar refractivity (Wildman–Crippen MR) is 105 cm³/mol. The highest BCUT2D eigenvalue weighted by Gasteiger charge is 2.60. The van der Waals surface area contributed by atoms with Gasteiger partial charge in [-0.2, -0.15) is 26.3 Å². The monoisotopic (exact) mass is 550 g/mol. The number of amides is 2. The fourth-order valence-corrected chi connectivity index (χ4v) is 5.07. The van der Waals surface area contributed by atoms with Crippen molar-refractivity contribution in [1.29, 1.82) is 0 Å². The molecule has 0 unspecified atom stereocenters. The van der Waals surface area contributed by atoms with Gasteiger partial charge in [-0.3, -0.25) is 4.79 Å². The maximum atomic E-state index is 13.1. The Balaban J connectivity index is 1.69. The topological polar surface area (TPSA) is 49.9 Å². The van der Waals surface area contributed by atoms with Gasteiger partial charge in [0.05, 0.1) is 0 Å². The van der Waals surface area contributed by atoms with Crippen molar-refractivity contribution in [2.45, 2.75) is 49.7 Å². The fourth-order valence-electron chi connectivity index (χ4n) is 4.21. The molecule has 13 heteroatoms. The number of ether oxygens (including phenoxy) is 1. The van der Waals surface area contributed by atoms with Gasteiger partial charge in [-0.15, -0.1) is 0 Å². The van der Waals surface area contributed by atoms with Crippen molar-refractivity contribution in [1.82, 2.24) is 9.80 Å². The van der Waals surface area contributed by atoms with Gasteiger partial charge < -0.3 is 14.5 Å². The lowest BCUT2D eigenvalue weighted by Crippen LogP contribution is -2.56. The molecule has 3 rings (SSSR count). The second kappa shape index (κ2) is 8.92. The van der Waals surface area contributed by atoms with E-state index in [4.69, 9.17) is 11.6 Å². The molecule has 0 bridgehead atoms. The van der Waals surface area contributed by atoms with Gasteiger partial charge in [0, 0.05) is 40.2 Å². The van der Waals surface area contributed by atoms with Crippen LogP contribution in [0.15, 0.2) is 22.7 Å². The number of carbonyl (C=O) groups excluding carboxylic acids is 2. The summed E-state index contributed by atoms with van der Waals surface area (Å²) < 4.78 is 80.4. The van der Waals surface area contributed by atoms with E-state index in [1.807, 2.05) is 0 Å². The van der Waals surface area contributed by atoms with E-state index in [0.717, 1.165) is 4.90 Å². The van der Waals surface area contributed by atoms with E-state index in [-0.39, 0.29) is 31.8 Å². The zero-order valence-corrected chi connectivity index (χ0v) is 18.7. The van der Waals surface area contributed by atoms with Crippen LogP contribution in [0.1, 0.15) is 36.0 Å². The van der Waals surface area contributed by atoms with E-state index >= 15 is 0 Å². The Labute approximate surface area is 192 Å². The van der Waals surface area contributed by atoms with Gasteiger partial charge in [-0.25, -0.2) is 4.79 Å². The van der Waals surface area contributed by atoms with Gasteiger partial charge in [0.25, 0.3) is 12.0 Å². The molecule has 1 aromatic rings. The SMILES string of the molecule is O=C(OC(C(F)(F)F)C(F)(F)F)N1CCC2(CCCN2C(=O)c2cc(Cl)cc(Br)c2)CC1. The lowest BCUT2D eigenvalue weighted by molar-refractivity contribution is -0.308. The van der Waals surface area contributed by atoms with Crippen LogP contribution in [0.3, 0.4) is 0 Å². The fraction of sp³-hybridized carbons (Fsp3) is 0.579. The first-order chi connectivity index (χ1) is 14.7. The summed E-state index contributed by atoms with van der Waals surface area (Å²) >= 11 is 9.29. The maximum absolute atomic E-state index is 13.1. The Morgan fingerprint density at radius 3 is 2.12 bits per heavy atom. The van der Waals surface area contributed by atoms with Crippen molar-refractivity contribution < 1.29 is 40.7 Å². The lowest BCUT2D eigenvalue weighted by Gasteiger charge is -2.45. The zero-order valence-electron chi connectivity index (χ0n) is 16.4. The second-order valence-corrected chi connectivity index (χ2v) is 9.13. The Morgan fingerprint density at radius 1 is 1.00 bits per heavy atom. The molecule has 2 aliphatic heterocycles. The molecule has 2 saturated heterocycles. The number of likely N-dealkylation sites (tertiary alicyclic amines) is 2. The second-order valence-electron chi connectivity index (χ2n) is 7.78. The number of carbonyl (C=O) groups is 2. The molecule has 0 atom stereocenters. The minimum Gasteiger partial charge on any atom is -0.426 e. The van der Waals surface area contributed by atoms with Crippen LogP contribution >= 0.6 is 27.5 Å². The number of hydrogen-bond donors (Lipinski definition) is 0. The molecular weight excluding hydrogens is 534 g/mol. The molecule has 1 spiro atoms. The number of hydrogen-bond acceptors (Lipinski definition) is 3. The Morgan fingerprint density at radius 2 is 1.59 bits per heavy atom. The molecule has 1 aromatic carbocycles. The van der Waals surface area contributed by atoms with Crippen LogP contribution in [0.2, 0.25) is 5.02 Å². The van der Waals surface area contributed by atoms with Crippen molar-refractivity contribution in [3.05, 3.63) is 33.3 Å². The predicted octanol–water partition coefficient (Wildman–Crippen LogP) is 5.80. The van der Waals surface area contributed by atoms with E-state index in [2.05, 4.69) is 20.7 Å². The first-order valence-corrected chi connectivity index (χ1v) is 10.8. The minimum atomic E-state index is -5.77. The minimum absolute atomic E-state index is 0.135. The summed E-state index contributed by atoms with van der Waals surface area (Å²) in [5.74, 6) is -0.282. The maximum Gasteiger partial charge on any atom is 0.434 e. The first-order valence-electron chi connectivity index (χ1n) is 9.60. The van der Waals surface area contributed by atoms with Crippen LogP contribution in [0.5, 0.6) is 0 Å². The Kier molecular flexibility index (Phi) is 6.95. The number of nitrogens with zero attached hydrogens (tertiary/aromatic N) is 2. The van der Waals surface area contributed by atoms with E-state index in [9.17, 15) is 35.9 Å². The molecule has 32 heavy (non-hydrogen) atoms. The first kappa shape index (κ1) is 24.9. The van der Waals surface area contributed by atoms with Crippen LogP contribution in [-0.4, -0.2) is 65.4 Å². The van der Waals surface area contributed by atoms with E-state index in [0.29, 0.717) is 34.4 Å². The molecule has 0 aromatic heterocycles. The molecule has 0 saturated carbocycles. The summed E-state index contributed by atoms with van der Waals surface area (Å²) in [7, 11) is 0. The summed E-state index contributed by atoms with van der Waals surface area (Å²) in [5.41, 5.74) is -0.290. The third-order valence-electron chi connectivity index (χ3n) is 5.72. The average Bonchev–Trinajstić information content (AvgIpc) is 3.06. The Hall–Kier alpha value is -1.69. The molecule has 0 aliphatic carbocycles. The number of piperidine rings is 1. The van der Waals surface area contributed by atoms with Gasteiger partial charge in [0.15, 0.2) is 0 Å². The van der Waals surface area contributed by atoms with Crippen molar-refractivity contribution in [2.24, 2.45) is 0 Å². The standard InChI is InChI=1S/C19H18BrClF6N2O3/c20-12-8-11(9-13(21)10-12)14(30)29-5-1-2-17(29)3-6-28(7-4-17)16(31)32-15(18(22,23)24)19(25,26)27/h8-10,15H,1-7H2. The average molecular weight is 552 g/mol. The molecule has 0 N–H and O–H groups in total. The normalized spacial score (nSPS) is 19.0. The summed E-state index contributed by atoms with van der Waals surface area (Å²) in [5, 5.41) is 0.359. The van der Waals surface area contributed by atoms with Crippen molar-refractivity contribution in [3.63, 3.8) is 0 Å². The molecule has 2 amide bonds. The summed E-state index contributed by atoms with van der Waals surface area (Å²) in [6, 6.07) is 4.75. The number of halogens is 8. The molecule has 2 fully saturated rings. The smallest absolute Gasteiger partial charge is 0.426 e. The highest BCUT2D eigenvalue weighted by molar-refractivity contribution is 9.10. The molecular formula is C19H18BrClF6N2O3. The van der Waals surface area contributed by atoms with Crippen LogP contribution < -0.4 is 0 Å². The van der Waals surface area contributed by atoms with E-state index in [1.165, 1.54) is 6.07 Å². The van der Waals surface area contributed by atoms with Gasteiger partial charge in [-0.1, -0.05) is 27.5 Å². The van der Waals surface area contributed by atoms with Crippen LogP contribution in [-0.2, 0) is 4.74 Å². The summed E-state index contributed by atoms with van der Waals surface area (Å²) in [4.78, 5) is 27.6. The van der Waals surface area contributed by atoms with Crippen LogP contribution in [0.4, 0.5) is 31.1 Å². The third-order valence-corrected chi connectivity index (χ3v) is 6.39. The van der Waals surface area contributed by atoms with E-state index in [1.54, 1.807) is 17.0 Å². The van der Waals surface area contributed by atoms with Crippen LogP contribution in [0, 0.1) is 0 Å². The van der Waals surface area contributed by atoms with Gasteiger partial charge in [-0.05, 0) is 43.9 Å². The largest absolute Gasteiger partial charge is 0.434 e. The van der Waals surface area contributed by atoms with Crippen molar-refractivity contribution >= 4 is 39.5 Å². The molecule has 2 heterocycles. The zero-order chi connectivity index (χ0) is 23.9. The number of benzene rings is 1. The van der Waals surface area contributed by atoms with E-state index < -0.39 is 30.1 Å². The summed E-state index contributed by atoms with van der Waals surface area (Å²) in [6.07, 6.45) is -15.7. The highest BCUT2D eigenvalue weighted by Crippen LogP contribution is 2.41. The molecule has 2 aliphatic rings. The van der Waals surface area contributed by atoms with Gasteiger partial charge in [0.2, 0.25) is 0 Å². The Bertz CT molecular complexity index is 853. The molecule has 5 nitrogen and oxygen atoms in total. The molecule has 178 valence electrons. The number of alkyl halides is 6. The van der Waals surface area contributed by atoms with Crippen LogP contribution in [0.25, 0.3) is 0 Å².